The Kier molecular flexibility index (Phi) is 3.67. The second kappa shape index (κ2) is 5.21. The first-order valence-electron chi connectivity index (χ1n) is 6.28. The maximum absolute atomic E-state index is 10.9. The second-order valence-corrected chi connectivity index (χ2v) is 4.65. The highest BCUT2D eigenvalue weighted by atomic mass is 16.4. The van der Waals surface area contributed by atoms with Crippen LogP contribution in [0.5, 0.6) is 0 Å². The number of aliphatic carboxylic acids is 1. The van der Waals surface area contributed by atoms with E-state index in [1.807, 2.05) is 12.1 Å². The molecule has 0 saturated carbocycles. The molecule has 3 heteroatoms. The molecule has 0 fully saturated rings. The van der Waals surface area contributed by atoms with Gasteiger partial charge in [0.15, 0.2) is 0 Å². The van der Waals surface area contributed by atoms with E-state index >= 15 is 0 Å². The normalized spacial score (nSPS) is 18.2. The summed E-state index contributed by atoms with van der Waals surface area (Å²) in [6.07, 6.45) is 2.57. The molecule has 0 aliphatic carbocycles. The summed E-state index contributed by atoms with van der Waals surface area (Å²) in [5, 5.41) is 8.94. The van der Waals surface area contributed by atoms with E-state index in [1.165, 1.54) is 17.7 Å². The number of carboxylic acid groups (broad SMARTS) is 1. The molecule has 1 unspecified atom stereocenters. The van der Waals surface area contributed by atoms with E-state index in [1.54, 1.807) is 0 Å². The molecule has 1 aliphatic heterocycles. The first-order valence-corrected chi connectivity index (χ1v) is 6.28. The summed E-state index contributed by atoms with van der Waals surface area (Å²) >= 11 is 0. The highest BCUT2D eigenvalue weighted by molar-refractivity contribution is 5.71. The van der Waals surface area contributed by atoms with E-state index in [9.17, 15) is 4.79 Å². The minimum absolute atomic E-state index is 0.153. The van der Waals surface area contributed by atoms with Gasteiger partial charge < -0.3 is 10.0 Å². The van der Waals surface area contributed by atoms with E-state index < -0.39 is 5.97 Å². The first-order chi connectivity index (χ1) is 8.22. The van der Waals surface area contributed by atoms with Crippen molar-refractivity contribution in [3.05, 3.63) is 29.8 Å². The lowest BCUT2D eigenvalue weighted by molar-refractivity contribution is -0.137. The summed E-state index contributed by atoms with van der Waals surface area (Å²) < 4.78 is 0. The van der Waals surface area contributed by atoms with Gasteiger partial charge in [0.05, 0.1) is 6.42 Å². The van der Waals surface area contributed by atoms with Gasteiger partial charge in [0.25, 0.3) is 0 Å². The molecule has 0 radical (unpaired) electrons. The lowest BCUT2D eigenvalue weighted by Crippen LogP contribution is -2.23. The number of hydrogen-bond donors (Lipinski definition) is 1. The van der Waals surface area contributed by atoms with Crippen LogP contribution < -0.4 is 4.90 Å². The Hall–Kier alpha value is -1.51. The number of anilines is 1. The molecule has 1 aliphatic rings. The average Bonchev–Trinajstić information content (AvgIpc) is 2.65. The van der Waals surface area contributed by atoms with E-state index in [2.05, 4.69) is 24.0 Å². The molecule has 0 amide bonds. The van der Waals surface area contributed by atoms with Crippen molar-refractivity contribution < 1.29 is 9.90 Å². The van der Waals surface area contributed by atoms with E-state index in [0.29, 0.717) is 0 Å². The van der Waals surface area contributed by atoms with Gasteiger partial charge in [0.2, 0.25) is 0 Å². The molecule has 0 saturated heterocycles. The van der Waals surface area contributed by atoms with Crippen LogP contribution >= 0.6 is 0 Å². The van der Waals surface area contributed by atoms with Gasteiger partial charge in [-0.1, -0.05) is 31.5 Å². The minimum Gasteiger partial charge on any atom is -0.481 e. The van der Waals surface area contributed by atoms with Crippen LogP contribution in [0.1, 0.15) is 37.7 Å². The molecular weight excluding hydrogens is 214 g/mol. The zero-order valence-electron chi connectivity index (χ0n) is 10.2. The van der Waals surface area contributed by atoms with E-state index in [-0.39, 0.29) is 12.3 Å². The smallest absolute Gasteiger partial charge is 0.304 e. The molecule has 3 nitrogen and oxygen atoms in total. The van der Waals surface area contributed by atoms with Crippen molar-refractivity contribution in [1.82, 2.24) is 0 Å². The molecular formula is C14H19NO2. The first kappa shape index (κ1) is 12.0. The number of benzene rings is 1. The fourth-order valence-corrected chi connectivity index (χ4v) is 2.53. The van der Waals surface area contributed by atoms with Crippen molar-refractivity contribution in [2.75, 3.05) is 18.0 Å². The molecule has 92 valence electrons. The Morgan fingerprint density at radius 3 is 2.94 bits per heavy atom. The lowest BCUT2D eigenvalue weighted by atomic mass is 9.98. The molecule has 0 spiro atoms. The Labute approximate surface area is 102 Å². The monoisotopic (exact) mass is 233 g/mol. The van der Waals surface area contributed by atoms with Crippen molar-refractivity contribution in [2.24, 2.45) is 0 Å². The number of carboxylic acids is 1. The third-order valence-corrected chi connectivity index (χ3v) is 3.36. The molecule has 2 rings (SSSR count). The minimum atomic E-state index is -0.706. The molecule has 0 bridgehead atoms. The van der Waals surface area contributed by atoms with Crippen LogP contribution in [0.15, 0.2) is 24.3 Å². The van der Waals surface area contributed by atoms with Crippen molar-refractivity contribution in [3.8, 4) is 0 Å². The highest BCUT2D eigenvalue weighted by Crippen LogP contribution is 2.37. The fourth-order valence-electron chi connectivity index (χ4n) is 2.53. The Morgan fingerprint density at radius 1 is 1.47 bits per heavy atom. The van der Waals surface area contributed by atoms with Crippen LogP contribution in [-0.2, 0) is 4.79 Å². The maximum atomic E-state index is 10.9. The molecule has 1 aromatic rings. The number of hydrogen-bond acceptors (Lipinski definition) is 2. The number of fused-ring (bicyclic) bond motifs is 1. The van der Waals surface area contributed by atoms with Crippen molar-refractivity contribution >= 4 is 11.7 Å². The number of unbranched alkanes of at least 4 members (excludes halogenated alkanes) is 1. The maximum Gasteiger partial charge on any atom is 0.304 e. The standard InChI is InChI=1S/C14H19NO2/c1-2-3-8-15-10-11(9-14(16)17)12-6-4-5-7-13(12)15/h4-7,11H,2-3,8-10H2,1H3,(H,16,17). The molecule has 1 atom stereocenters. The van der Waals surface area contributed by atoms with Gasteiger partial charge in [0, 0.05) is 24.7 Å². The fraction of sp³-hybridized carbons (Fsp3) is 0.500. The van der Waals surface area contributed by atoms with Crippen molar-refractivity contribution in [3.63, 3.8) is 0 Å². The van der Waals surface area contributed by atoms with Crippen LogP contribution in [0.3, 0.4) is 0 Å². The number of para-hydroxylation sites is 1. The third-order valence-electron chi connectivity index (χ3n) is 3.36. The van der Waals surface area contributed by atoms with Gasteiger partial charge >= 0.3 is 5.97 Å². The summed E-state index contributed by atoms with van der Waals surface area (Å²) in [7, 11) is 0. The molecule has 0 aromatic heterocycles. The number of nitrogens with zero attached hydrogens (tertiary/aromatic N) is 1. The zero-order chi connectivity index (χ0) is 12.3. The van der Waals surface area contributed by atoms with Gasteiger partial charge in [-0.15, -0.1) is 0 Å². The summed E-state index contributed by atoms with van der Waals surface area (Å²) in [5.74, 6) is -0.553. The van der Waals surface area contributed by atoms with Crippen LogP contribution in [-0.4, -0.2) is 24.2 Å². The predicted molar refractivity (Wildman–Crippen MR) is 68.6 cm³/mol. The quantitative estimate of drug-likeness (QED) is 0.850. The van der Waals surface area contributed by atoms with Gasteiger partial charge in [0.1, 0.15) is 0 Å². The van der Waals surface area contributed by atoms with Crippen LogP contribution in [0.2, 0.25) is 0 Å². The number of carbonyl (C=O) groups is 1. The molecule has 1 heterocycles. The van der Waals surface area contributed by atoms with Crippen LogP contribution in [0.4, 0.5) is 5.69 Å². The van der Waals surface area contributed by atoms with E-state index in [0.717, 1.165) is 19.5 Å². The SMILES string of the molecule is CCCCN1CC(CC(=O)O)c2ccccc21. The van der Waals surface area contributed by atoms with Crippen molar-refractivity contribution in [2.45, 2.75) is 32.1 Å². The van der Waals surface area contributed by atoms with Gasteiger partial charge in [-0.05, 0) is 18.1 Å². The lowest BCUT2D eigenvalue weighted by Gasteiger charge is -2.19. The predicted octanol–water partition coefficient (Wildman–Crippen LogP) is 2.87. The highest BCUT2D eigenvalue weighted by Gasteiger charge is 2.29. The number of rotatable bonds is 5. The Balaban J connectivity index is 2.17. The van der Waals surface area contributed by atoms with Gasteiger partial charge in [-0.2, -0.15) is 0 Å². The summed E-state index contributed by atoms with van der Waals surface area (Å²) in [6.45, 7) is 4.06. The van der Waals surface area contributed by atoms with Crippen LogP contribution in [0.25, 0.3) is 0 Å². The second-order valence-electron chi connectivity index (χ2n) is 4.65. The topological polar surface area (TPSA) is 40.5 Å². The van der Waals surface area contributed by atoms with Gasteiger partial charge in [-0.3, -0.25) is 4.79 Å². The van der Waals surface area contributed by atoms with Gasteiger partial charge in [-0.25, -0.2) is 0 Å². The van der Waals surface area contributed by atoms with E-state index in [4.69, 9.17) is 5.11 Å². The summed E-state index contributed by atoms with van der Waals surface area (Å²) in [5.41, 5.74) is 2.43. The largest absolute Gasteiger partial charge is 0.481 e. The molecule has 1 aromatic carbocycles. The Morgan fingerprint density at radius 2 is 2.24 bits per heavy atom. The third kappa shape index (κ3) is 2.60. The summed E-state index contributed by atoms with van der Waals surface area (Å²) in [4.78, 5) is 13.2. The zero-order valence-corrected chi connectivity index (χ0v) is 10.2. The molecule has 17 heavy (non-hydrogen) atoms. The Bertz CT molecular complexity index is 403. The van der Waals surface area contributed by atoms with Crippen molar-refractivity contribution in [1.29, 1.82) is 0 Å². The average molecular weight is 233 g/mol. The molecule has 1 N–H and O–H groups in total. The van der Waals surface area contributed by atoms with Crippen LogP contribution in [0, 0.1) is 0 Å². The summed E-state index contributed by atoms with van der Waals surface area (Å²) in [6, 6.07) is 8.19.